The van der Waals surface area contributed by atoms with Crippen LogP contribution in [0.1, 0.15) is 32.6 Å². The van der Waals surface area contributed by atoms with Gasteiger partial charge in [0.1, 0.15) is 0 Å². The van der Waals surface area contributed by atoms with Crippen LogP contribution < -0.4 is 10.6 Å². The summed E-state index contributed by atoms with van der Waals surface area (Å²) < 4.78 is 26.4. The van der Waals surface area contributed by atoms with E-state index in [0.717, 1.165) is 36.9 Å². The first-order valence-electron chi connectivity index (χ1n) is 9.18. The van der Waals surface area contributed by atoms with Gasteiger partial charge in [-0.3, -0.25) is 4.99 Å². The van der Waals surface area contributed by atoms with Gasteiger partial charge in [0, 0.05) is 42.4 Å². The van der Waals surface area contributed by atoms with Crippen LogP contribution >= 0.6 is 47.5 Å². The molecule has 1 heterocycles. The van der Waals surface area contributed by atoms with Crippen molar-refractivity contribution in [2.45, 2.75) is 43.9 Å². The zero-order valence-corrected chi connectivity index (χ0v) is 20.6. The first kappa shape index (κ1) is 24.6. The van der Waals surface area contributed by atoms with Gasteiger partial charge in [-0.25, -0.2) is 12.7 Å². The van der Waals surface area contributed by atoms with Crippen molar-refractivity contribution in [2.75, 3.05) is 49.7 Å². The number of rotatable bonds is 7. The lowest BCUT2D eigenvalue weighted by Crippen LogP contribution is -2.46. The van der Waals surface area contributed by atoms with E-state index in [4.69, 9.17) is 0 Å². The summed E-state index contributed by atoms with van der Waals surface area (Å²) in [6.45, 7) is 4.38. The highest BCUT2D eigenvalue weighted by Crippen LogP contribution is 2.26. The maximum Gasteiger partial charge on any atom is 0.215 e. The Morgan fingerprint density at radius 2 is 2.04 bits per heavy atom. The van der Waals surface area contributed by atoms with Crippen molar-refractivity contribution in [3.05, 3.63) is 0 Å². The molecule has 2 N–H and O–H groups in total. The minimum Gasteiger partial charge on any atom is -0.357 e. The van der Waals surface area contributed by atoms with Crippen LogP contribution in [-0.4, -0.2) is 79.7 Å². The van der Waals surface area contributed by atoms with Crippen molar-refractivity contribution in [3.63, 3.8) is 0 Å². The fourth-order valence-electron chi connectivity index (χ4n) is 3.23. The molecule has 10 heteroatoms. The number of sulfonamides is 1. The minimum atomic E-state index is -3.19. The maximum atomic E-state index is 12.4. The SMILES string of the molecule is CCNC(=NCCS(=O)(=O)N1CCSCC1)NC1CCCC(SC)C1.I. The van der Waals surface area contributed by atoms with E-state index in [0.29, 0.717) is 30.9 Å². The second-order valence-electron chi connectivity index (χ2n) is 6.45. The van der Waals surface area contributed by atoms with Crippen molar-refractivity contribution in [1.82, 2.24) is 14.9 Å². The summed E-state index contributed by atoms with van der Waals surface area (Å²) >= 11 is 3.76. The summed E-state index contributed by atoms with van der Waals surface area (Å²) in [5.41, 5.74) is 0. The Labute approximate surface area is 184 Å². The zero-order chi connectivity index (χ0) is 18.1. The van der Waals surface area contributed by atoms with Crippen LogP contribution in [0, 0.1) is 0 Å². The Bertz CT molecular complexity index is 528. The number of nitrogens with zero attached hydrogens (tertiary/aromatic N) is 2. The Morgan fingerprint density at radius 1 is 1.31 bits per heavy atom. The van der Waals surface area contributed by atoms with Gasteiger partial charge in [0.15, 0.2) is 5.96 Å². The maximum absolute atomic E-state index is 12.4. The molecule has 0 aromatic heterocycles. The van der Waals surface area contributed by atoms with E-state index < -0.39 is 10.0 Å². The van der Waals surface area contributed by atoms with Crippen molar-refractivity contribution >= 4 is 63.5 Å². The van der Waals surface area contributed by atoms with Gasteiger partial charge in [-0.2, -0.15) is 23.5 Å². The van der Waals surface area contributed by atoms with Crippen LogP contribution in [0.2, 0.25) is 0 Å². The lowest BCUT2D eigenvalue weighted by molar-refractivity contribution is 0.419. The molecule has 1 saturated carbocycles. The number of hydrogen-bond acceptors (Lipinski definition) is 5. The monoisotopic (exact) mass is 536 g/mol. The van der Waals surface area contributed by atoms with E-state index in [2.05, 4.69) is 21.9 Å². The molecule has 2 rings (SSSR count). The molecule has 26 heavy (non-hydrogen) atoms. The number of halogens is 1. The summed E-state index contributed by atoms with van der Waals surface area (Å²) in [4.78, 5) is 4.52. The van der Waals surface area contributed by atoms with Crippen molar-refractivity contribution in [3.8, 4) is 0 Å². The minimum absolute atomic E-state index is 0. The quantitative estimate of drug-likeness (QED) is 0.296. The first-order chi connectivity index (χ1) is 12.0. The molecule has 2 unspecified atom stereocenters. The second kappa shape index (κ2) is 12.9. The molecule has 1 saturated heterocycles. The van der Waals surface area contributed by atoms with Crippen LogP contribution in [0.25, 0.3) is 0 Å². The van der Waals surface area contributed by atoms with Crippen LogP contribution in [0.3, 0.4) is 0 Å². The van der Waals surface area contributed by atoms with Gasteiger partial charge in [-0.15, -0.1) is 24.0 Å². The third-order valence-electron chi connectivity index (χ3n) is 4.63. The third kappa shape index (κ3) is 8.32. The molecule has 2 fully saturated rings. The van der Waals surface area contributed by atoms with Gasteiger partial charge in [0.05, 0.1) is 12.3 Å². The van der Waals surface area contributed by atoms with Gasteiger partial charge < -0.3 is 10.6 Å². The van der Waals surface area contributed by atoms with E-state index in [1.54, 1.807) is 4.31 Å². The number of hydrogen-bond donors (Lipinski definition) is 2. The Morgan fingerprint density at radius 3 is 2.69 bits per heavy atom. The number of nitrogens with one attached hydrogen (secondary N) is 2. The summed E-state index contributed by atoms with van der Waals surface area (Å²) in [5, 5.41) is 7.46. The Balaban J connectivity index is 0.00000338. The van der Waals surface area contributed by atoms with Gasteiger partial charge in [-0.05, 0) is 32.4 Å². The standard InChI is InChI=1S/C16H32N4O2S3.HI/c1-3-17-16(19-14-5-4-6-15(13-14)23-2)18-7-12-25(21,22)20-8-10-24-11-9-20;/h14-15H,3-13H2,1-2H3,(H2,17,18,19);1H. The van der Waals surface area contributed by atoms with Crippen LogP contribution in [0.4, 0.5) is 0 Å². The molecule has 0 radical (unpaired) electrons. The topological polar surface area (TPSA) is 73.8 Å². The molecule has 0 aromatic carbocycles. The molecule has 6 nitrogen and oxygen atoms in total. The fourth-order valence-corrected chi connectivity index (χ4v) is 6.51. The molecule has 0 aromatic rings. The van der Waals surface area contributed by atoms with Crippen molar-refractivity contribution in [1.29, 1.82) is 0 Å². The normalized spacial score (nSPS) is 25.4. The highest BCUT2D eigenvalue weighted by Gasteiger charge is 2.24. The first-order valence-corrected chi connectivity index (χ1v) is 13.2. The fraction of sp³-hybridized carbons (Fsp3) is 0.938. The van der Waals surface area contributed by atoms with Crippen LogP contribution in [0.15, 0.2) is 4.99 Å². The third-order valence-corrected chi connectivity index (χ3v) is 8.51. The Kier molecular flexibility index (Phi) is 12.3. The summed E-state index contributed by atoms with van der Waals surface area (Å²) in [6.07, 6.45) is 7.01. The van der Waals surface area contributed by atoms with E-state index in [1.165, 1.54) is 12.8 Å². The summed E-state index contributed by atoms with van der Waals surface area (Å²) in [7, 11) is -3.19. The molecule has 0 bridgehead atoms. The lowest BCUT2D eigenvalue weighted by Gasteiger charge is -2.30. The predicted molar refractivity (Wildman–Crippen MR) is 127 cm³/mol. The predicted octanol–water partition coefficient (Wildman–Crippen LogP) is 2.21. The van der Waals surface area contributed by atoms with Gasteiger partial charge in [-0.1, -0.05) is 6.42 Å². The van der Waals surface area contributed by atoms with Gasteiger partial charge >= 0.3 is 0 Å². The molecular weight excluding hydrogens is 503 g/mol. The number of thioether (sulfide) groups is 2. The lowest BCUT2D eigenvalue weighted by atomic mass is 9.95. The Hall–Kier alpha value is 0.610. The molecule has 2 atom stereocenters. The molecule has 0 amide bonds. The van der Waals surface area contributed by atoms with E-state index in [-0.39, 0.29) is 29.7 Å². The van der Waals surface area contributed by atoms with E-state index in [1.807, 2.05) is 30.4 Å². The van der Waals surface area contributed by atoms with Crippen molar-refractivity contribution < 1.29 is 8.42 Å². The summed E-state index contributed by atoms with van der Waals surface area (Å²) in [5.74, 6) is 2.63. The molecule has 0 spiro atoms. The highest BCUT2D eigenvalue weighted by atomic mass is 127. The smallest absolute Gasteiger partial charge is 0.215 e. The van der Waals surface area contributed by atoms with Gasteiger partial charge in [0.25, 0.3) is 0 Å². The van der Waals surface area contributed by atoms with Crippen LogP contribution in [0.5, 0.6) is 0 Å². The number of aliphatic imine (C=N–C) groups is 1. The molecule has 1 aliphatic heterocycles. The highest BCUT2D eigenvalue weighted by molar-refractivity contribution is 14.0. The molecule has 2 aliphatic rings. The zero-order valence-electron chi connectivity index (χ0n) is 15.8. The largest absolute Gasteiger partial charge is 0.357 e. The average Bonchev–Trinajstić information content (AvgIpc) is 2.62. The van der Waals surface area contributed by atoms with Crippen molar-refractivity contribution in [2.24, 2.45) is 4.99 Å². The molecule has 1 aliphatic carbocycles. The van der Waals surface area contributed by atoms with E-state index >= 15 is 0 Å². The van der Waals surface area contributed by atoms with Gasteiger partial charge in [0.2, 0.25) is 10.0 Å². The van der Waals surface area contributed by atoms with Crippen LogP contribution in [-0.2, 0) is 10.0 Å². The molecular formula is C16H33IN4O2S3. The second-order valence-corrected chi connectivity index (χ2v) is 10.9. The average molecular weight is 537 g/mol. The molecule has 154 valence electrons. The van der Waals surface area contributed by atoms with E-state index in [9.17, 15) is 8.42 Å². The summed E-state index contributed by atoms with van der Waals surface area (Å²) in [6, 6.07) is 0.430. The number of guanidine groups is 1.